The number of nitro benzene ring substituents is 1. The summed E-state index contributed by atoms with van der Waals surface area (Å²) >= 11 is 0. The fourth-order valence-electron chi connectivity index (χ4n) is 3.02. The average molecular weight is 321 g/mol. The molecule has 0 radical (unpaired) electrons. The average Bonchev–Trinajstić information content (AvgIpc) is 3.18. The Morgan fingerprint density at radius 2 is 2.21 bits per heavy atom. The zero-order valence-corrected chi connectivity index (χ0v) is 13.1. The van der Waals surface area contributed by atoms with Crippen LogP contribution in [0.15, 0.2) is 42.7 Å². The second-order valence-corrected chi connectivity index (χ2v) is 5.73. The van der Waals surface area contributed by atoms with Crippen molar-refractivity contribution in [3.05, 3.63) is 64.0 Å². The molecule has 0 bridgehead atoms. The van der Waals surface area contributed by atoms with Crippen LogP contribution in [-0.4, -0.2) is 26.2 Å². The largest absolute Gasteiger partial charge is 0.369 e. The number of hydrogen-bond acceptors (Lipinski definition) is 5. The maximum Gasteiger partial charge on any atom is 0.271 e. The van der Waals surface area contributed by atoms with Crippen molar-refractivity contribution in [3.63, 3.8) is 0 Å². The predicted octanol–water partition coefficient (Wildman–Crippen LogP) is 3.12. The van der Waals surface area contributed by atoms with Crippen LogP contribution in [0, 0.1) is 17.0 Å². The van der Waals surface area contributed by atoms with Crippen molar-refractivity contribution < 1.29 is 4.92 Å². The van der Waals surface area contributed by atoms with Gasteiger partial charge in [-0.25, -0.2) is 4.68 Å². The number of nitrogens with one attached hydrogen (secondary N) is 1. The maximum absolute atomic E-state index is 11.1. The first-order chi connectivity index (χ1) is 11.6. The lowest BCUT2D eigenvalue weighted by Crippen LogP contribution is -2.06. The summed E-state index contributed by atoms with van der Waals surface area (Å²) in [5.41, 5.74) is 4.63. The Hall–Kier alpha value is -3.22. The van der Waals surface area contributed by atoms with Crippen LogP contribution in [0.1, 0.15) is 11.1 Å². The van der Waals surface area contributed by atoms with Crippen LogP contribution in [-0.2, 0) is 6.42 Å². The van der Waals surface area contributed by atoms with E-state index in [0.717, 1.165) is 41.2 Å². The van der Waals surface area contributed by atoms with Crippen molar-refractivity contribution in [3.8, 4) is 16.9 Å². The van der Waals surface area contributed by atoms with Gasteiger partial charge in [-0.05, 0) is 31.0 Å². The quantitative estimate of drug-likeness (QED) is 0.591. The Balaban J connectivity index is 1.92. The van der Waals surface area contributed by atoms with Gasteiger partial charge in [0.25, 0.3) is 5.69 Å². The molecule has 0 saturated carbocycles. The smallest absolute Gasteiger partial charge is 0.271 e. The van der Waals surface area contributed by atoms with Crippen LogP contribution in [0.5, 0.6) is 0 Å². The zero-order chi connectivity index (χ0) is 16.7. The highest BCUT2D eigenvalue weighted by Gasteiger charge is 2.25. The molecule has 0 saturated heterocycles. The van der Waals surface area contributed by atoms with Gasteiger partial charge in [-0.3, -0.25) is 15.1 Å². The maximum atomic E-state index is 11.1. The van der Waals surface area contributed by atoms with Gasteiger partial charge in [0, 0.05) is 42.2 Å². The van der Waals surface area contributed by atoms with Gasteiger partial charge in [0.2, 0.25) is 0 Å². The van der Waals surface area contributed by atoms with Crippen molar-refractivity contribution >= 4 is 11.5 Å². The Bertz CT molecular complexity index is 934. The Morgan fingerprint density at radius 1 is 1.33 bits per heavy atom. The molecule has 1 aromatic carbocycles. The third-order valence-corrected chi connectivity index (χ3v) is 4.22. The number of nitrogens with zero attached hydrogens (tertiary/aromatic N) is 4. The summed E-state index contributed by atoms with van der Waals surface area (Å²) in [4.78, 5) is 14.9. The minimum Gasteiger partial charge on any atom is -0.369 e. The molecule has 0 fully saturated rings. The number of pyridine rings is 1. The van der Waals surface area contributed by atoms with Crippen molar-refractivity contribution in [2.45, 2.75) is 13.3 Å². The van der Waals surface area contributed by atoms with Crippen LogP contribution >= 0.6 is 0 Å². The van der Waals surface area contributed by atoms with E-state index in [1.807, 2.05) is 19.1 Å². The molecule has 4 rings (SSSR count). The van der Waals surface area contributed by atoms with E-state index in [9.17, 15) is 10.1 Å². The first-order valence-corrected chi connectivity index (χ1v) is 7.67. The molecule has 2 aromatic heterocycles. The molecule has 0 aliphatic carbocycles. The molecule has 0 spiro atoms. The summed E-state index contributed by atoms with van der Waals surface area (Å²) < 4.78 is 1.77. The van der Waals surface area contributed by atoms with Crippen LogP contribution in [0.3, 0.4) is 0 Å². The van der Waals surface area contributed by atoms with E-state index in [2.05, 4.69) is 10.3 Å². The highest BCUT2D eigenvalue weighted by atomic mass is 16.6. The van der Waals surface area contributed by atoms with Gasteiger partial charge in [0.05, 0.1) is 16.3 Å². The van der Waals surface area contributed by atoms with E-state index in [-0.39, 0.29) is 10.6 Å². The van der Waals surface area contributed by atoms with Gasteiger partial charge in [0.15, 0.2) is 0 Å². The summed E-state index contributed by atoms with van der Waals surface area (Å²) in [5.74, 6) is 0.900. The second kappa shape index (κ2) is 5.45. The predicted molar refractivity (Wildman–Crippen MR) is 90.4 cm³/mol. The van der Waals surface area contributed by atoms with Crippen molar-refractivity contribution in [1.29, 1.82) is 0 Å². The molecule has 120 valence electrons. The number of rotatable bonds is 3. The van der Waals surface area contributed by atoms with E-state index in [1.54, 1.807) is 29.2 Å². The summed E-state index contributed by atoms with van der Waals surface area (Å²) in [6.07, 6.45) is 4.38. The summed E-state index contributed by atoms with van der Waals surface area (Å²) in [7, 11) is 0. The molecule has 0 atom stereocenters. The van der Waals surface area contributed by atoms with Gasteiger partial charge in [-0.15, -0.1) is 0 Å². The third kappa shape index (κ3) is 2.21. The molecule has 7 nitrogen and oxygen atoms in total. The molecular weight excluding hydrogens is 306 g/mol. The monoisotopic (exact) mass is 321 g/mol. The standard InChI is InChI=1S/C17H15N5O2/c1-11-4-5-13(22(23)24)9-15(11)21-17-14(6-8-19-17)16(20-21)12-3-2-7-18-10-12/h2-5,7,9-10,19H,6,8H2,1H3. The van der Waals surface area contributed by atoms with Crippen LogP contribution in [0.25, 0.3) is 16.9 Å². The number of hydrogen-bond donors (Lipinski definition) is 1. The van der Waals surface area contributed by atoms with Gasteiger partial charge >= 0.3 is 0 Å². The molecule has 0 unspecified atom stereocenters. The highest BCUT2D eigenvalue weighted by Crippen LogP contribution is 2.35. The Morgan fingerprint density at radius 3 is 2.96 bits per heavy atom. The lowest BCUT2D eigenvalue weighted by atomic mass is 10.1. The third-order valence-electron chi connectivity index (χ3n) is 4.22. The van der Waals surface area contributed by atoms with Crippen LogP contribution in [0.4, 0.5) is 11.5 Å². The SMILES string of the molecule is Cc1ccc([N+](=O)[O-])cc1-n1nc(-c2cccnc2)c2c1NCC2. The van der Waals surface area contributed by atoms with Crippen molar-refractivity contribution in [2.75, 3.05) is 11.9 Å². The molecule has 1 aliphatic heterocycles. The second-order valence-electron chi connectivity index (χ2n) is 5.73. The van der Waals surface area contributed by atoms with Gasteiger partial charge in [-0.2, -0.15) is 5.10 Å². The topological polar surface area (TPSA) is 85.9 Å². The number of nitro groups is 1. The number of fused-ring (bicyclic) bond motifs is 1. The number of non-ortho nitro benzene ring substituents is 1. The van der Waals surface area contributed by atoms with Crippen molar-refractivity contribution in [1.82, 2.24) is 14.8 Å². The number of anilines is 1. The molecular formula is C17H15N5O2. The normalized spacial score (nSPS) is 12.7. The van der Waals surface area contributed by atoms with Crippen LogP contribution < -0.4 is 5.32 Å². The van der Waals surface area contributed by atoms with E-state index in [0.29, 0.717) is 5.69 Å². The molecule has 7 heteroatoms. The summed E-state index contributed by atoms with van der Waals surface area (Å²) in [5, 5.41) is 19.2. The van der Waals surface area contributed by atoms with Gasteiger partial charge in [-0.1, -0.05) is 6.07 Å². The highest BCUT2D eigenvalue weighted by molar-refractivity contribution is 5.72. The number of aryl methyl sites for hydroxylation is 1. The van der Waals surface area contributed by atoms with Crippen LogP contribution in [0.2, 0.25) is 0 Å². The fourth-order valence-corrected chi connectivity index (χ4v) is 3.02. The van der Waals surface area contributed by atoms with E-state index in [4.69, 9.17) is 5.10 Å². The summed E-state index contributed by atoms with van der Waals surface area (Å²) in [6, 6.07) is 8.67. The first-order valence-electron chi connectivity index (χ1n) is 7.67. The van der Waals surface area contributed by atoms with E-state index in [1.165, 1.54) is 6.07 Å². The molecule has 3 heterocycles. The zero-order valence-electron chi connectivity index (χ0n) is 13.1. The number of aromatic nitrogens is 3. The van der Waals surface area contributed by atoms with Crippen molar-refractivity contribution in [2.24, 2.45) is 0 Å². The van der Waals surface area contributed by atoms with Gasteiger partial charge < -0.3 is 5.32 Å². The van der Waals surface area contributed by atoms with E-state index >= 15 is 0 Å². The first kappa shape index (κ1) is 14.4. The summed E-state index contributed by atoms with van der Waals surface area (Å²) in [6.45, 7) is 2.75. The fraction of sp³-hybridized carbons (Fsp3) is 0.176. The van der Waals surface area contributed by atoms with Gasteiger partial charge in [0.1, 0.15) is 5.82 Å². The Labute approximate surface area is 138 Å². The lowest BCUT2D eigenvalue weighted by Gasteiger charge is -2.09. The molecule has 3 aromatic rings. The minimum absolute atomic E-state index is 0.0563. The lowest BCUT2D eigenvalue weighted by molar-refractivity contribution is -0.384. The molecule has 1 N–H and O–H groups in total. The molecule has 0 amide bonds. The molecule has 1 aliphatic rings. The van der Waals surface area contributed by atoms with E-state index < -0.39 is 0 Å². The minimum atomic E-state index is -0.387. The number of benzene rings is 1. The Kier molecular flexibility index (Phi) is 3.26. The molecule has 24 heavy (non-hydrogen) atoms.